The number of benzene rings is 2. The predicted octanol–water partition coefficient (Wildman–Crippen LogP) is 5.78. The number of fused-ring (bicyclic) bond motifs is 1. The first-order valence-electron chi connectivity index (χ1n) is 11.2. The summed E-state index contributed by atoms with van der Waals surface area (Å²) in [6, 6.07) is 23.1. The Hall–Kier alpha value is -3.31. The zero-order valence-electron chi connectivity index (χ0n) is 19.3. The molecule has 0 radical (unpaired) electrons. The molecule has 5 nitrogen and oxygen atoms in total. The maximum atomic E-state index is 6.14. The highest BCUT2D eigenvalue weighted by Crippen LogP contribution is 2.29. The number of nitrogen functional groups attached to an aromatic ring is 1. The molecule has 2 heterocycles. The maximum Gasteiger partial charge on any atom is 0.137 e. The van der Waals surface area contributed by atoms with Gasteiger partial charge in [0.2, 0.25) is 0 Å². The largest absolute Gasteiger partial charge is 0.491 e. The second-order valence-electron chi connectivity index (χ2n) is 8.77. The molecule has 0 spiro atoms. The minimum atomic E-state index is 0.146. The van der Waals surface area contributed by atoms with Crippen LogP contribution in [-0.4, -0.2) is 26.4 Å². The van der Waals surface area contributed by atoms with E-state index in [-0.39, 0.29) is 6.10 Å². The van der Waals surface area contributed by atoms with Gasteiger partial charge >= 0.3 is 0 Å². The van der Waals surface area contributed by atoms with Crippen molar-refractivity contribution in [3.8, 4) is 17.0 Å². The number of rotatable bonds is 8. The van der Waals surface area contributed by atoms with Crippen LogP contribution < -0.4 is 10.5 Å². The van der Waals surface area contributed by atoms with E-state index in [1.165, 1.54) is 5.56 Å². The standard InChI is InChI=1S/C27H32N4O/c1-19(2)30(16-21-8-6-5-7-9-21)18-25-27(29-26-15-12-23(28)17-31(25)26)22-10-13-24(14-11-22)32-20(3)4/h5-15,17,19-20H,16,18,28H2,1-4H3. The van der Waals surface area contributed by atoms with E-state index < -0.39 is 0 Å². The molecular formula is C27H32N4O. The fourth-order valence-corrected chi connectivity index (χ4v) is 3.89. The number of pyridine rings is 1. The van der Waals surface area contributed by atoms with Crippen molar-refractivity contribution in [1.29, 1.82) is 0 Å². The van der Waals surface area contributed by atoms with E-state index in [1.807, 2.05) is 44.3 Å². The molecule has 4 rings (SSSR count). The van der Waals surface area contributed by atoms with Crippen molar-refractivity contribution < 1.29 is 4.74 Å². The number of imidazole rings is 1. The molecule has 0 atom stereocenters. The van der Waals surface area contributed by atoms with Crippen molar-refractivity contribution in [3.05, 3.63) is 84.2 Å². The van der Waals surface area contributed by atoms with Crippen molar-refractivity contribution in [3.63, 3.8) is 0 Å². The Morgan fingerprint density at radius 2 is 1.62 bits per heavy atom. The third-order valence-electron chi connectivity index (χ3n) is 5.55. The minimum Gasteiger partial charge on any atom is -0.491 e. The second-order valence-corrected chi connectivity index (χ2v) is 8.77. The summed E-state index contributed by atoms with van der Waals surface area (Å²) in [5.41, 5.74) is 12.2. The lowest BCUT2D eigenvalue weighted by molar-refractivity contribution is 0.201. The molecule has 2 aromatic carbocycles. The highest BCUT2D eigenvalue weighted by Gasteiger charge is 2.19. The monoisotopic (exact) mass is 428 g/mol. The van der Waals surface area contributed by atoms with Crippen LogP contribution in [0.1, 0.15) is 39.0 Å². The molecule has 0 unspecified atom stereocenters. The summed E-state index contributed by atoms with van der Waals surface area (Å²) >= 11 is 0. The number of nitrogens with two attached hydrogens (primary N) is 1. The van der Waals surface area contributed by atoms with Crippen LogP contribution >= 0.6 is 0 Å². The first kappa shape index (κ1) is 21.9. The Labute approximate surface area is 190 Å². The van der Waals surface area contributed by atoms with Crippen LogP contribution in [0.2, 0.25) is 0 Å². The highest BCUT2D eigenvalue weighted by molar-refractivity contribution is 5.68. The van der Waals surface area contributed by atoms with Gasteiger partial charge in [0.15, 0.2) is 0 Å². The fourth-order valence-electron chi connectivity index (χ4n) is 3.89. The van der Waals surface area contributed by atoms with Gasteiger partial charge in [-0.3, -0.25) is 4.90 Å². The molecule has 4 aromatic rings. The Morgan fingerprint density at radius 1 is 0.906 bits per heavy atom. The van der Waals surface area contributed by atoms with E-state index in [4.69, 9.17) is 15.5 Å². The first-order valence-corrected chi connectivity index (χ1v) is 11.2. The Bertz CT molecular complexity index is 1160. The zero-order valence-corrected chi connectivity index (χ0v) is 19.3. The number of aromatic nitrogens is 2. The Balaban J connectivity index is 1.74. The minimum absolute atomic E-state index is 0.146. The molecule has 0 aliphatic carbocycles. The number of nitrogens with zero attached hydrogens (tertiary/aromatic N) is 3. The van der Waals surface area contributed by atoms with E-state index in [2.05, 4.69) is 65.6 Å². The number of anilines is 1. The molecule has 0 saturated heterocycles. The summed E-state index contributed by atoms with van der Waals surface area (Å²) in [5, 5.41) is 0. The van der Waals surface area contributed by atoms with E-state index in [0.717, 1.165) is 47.1 Å². The molecule has 0 saturated carbocycles. The average molecular weight is 429 g/mol. The normalized spacial score (nSPS) is 11.7. The van der Waals surface area contributed by atoms with Gasteiger partial charge in [-0.2, -0.15) is 0 Å². The van der Waals surface area contributed by atoms with Gasteiger partial charge in [-0.25, -0.2) is 4.98 Å². The second kappa shape index (κ2) is 9.45. The van der Waals surface area contributed by atoms with Gasteiger partial charge in [-0.05, 0) is 69.7 Å². The summed E-state index contributed by atoms with van der Waals surface area (Å²) in [7, 11) is 0. The summed E-state index contributed by atoms with van der Waals surface area (Å²) in [4.78, 5) is 7.43. The van der Waals surface area contributed by atoms with Crippen LogP contribution in [0.25, 0.3) is 16.9 Å². The lowest BCUT2D eigenvalue weighted by atomic mass is 10.1. The molecule has 0 aliphatic rings. The van der Waals surface area contributed by atoms with Crippen LogP contribution in [0.15, 0.2) is 72.9 Å². The van der Waals surface area contributed by atoms with Gasteiger partial charge in [0.1, 0.15) is 11.4 Å². The van der Waals surface area contributed by atoms with Crippen molar-refractivity contribution >= 4 is 11.3 Å². The molecule has 166 valence electrons. The lowest BCUT2D eigenvalue weighted by Gasteiger charge is -2.27. The predicted molar refractivity (Wildman–Crippen MR) is 132 cm³/mol. The topological polar surface area (TPSA) is 55.8 Å². The Kier molecular flexibility index (Phi) is 6.47. The SMILES string of the molecule is CC(C)Oc1ccc(-c2nc3ccc(N)cn3c2CN(Cc2ccccc2)C(C)C)cc1. The number of hydrogen-bond donors (Lipinski definition) is 1. The lowest BCUT2D eigenvalue weighted by Crippen LogP contribution is -2.30. The number of hydrogen-bond acceptors (Lipinski definition) is 4. The molecule has 0 aliphatic heterocycles. The first-order chi connectivity index (χ1) is 15.4. The van der Waals surface area contributed by atoms with Gasteiger partial charge in [0.05, 0.1) is 17.5 Å². The van der Waals surface area contributed by atoms with Crippen molar-refractivity contribution in [1.82, 2.24) is 14.3 Å². The summed E-state index contributed by atoms with van der Waals surface area (Å²) < 4.78 is 7.95. The molecule has 0 bridgehead atoms. The zero-order chi connectivity index (χ0) is 22.7. The van der Waals surface area contributed by atoms with Crippen LogP contribution in [0.3, 0.4) is 0 Å². The smallest absolute Gasteiger partial charge is 0.137 e. The third kappa shape index (κ3) is 4.94. The maximum absolute atomic E-state index is 6.14. The van der Waals surface area contributed by atoms with Crippen LogP contribution in [-0.2, 0) is 13.1 Å². The van der Waals surface area contributed by atoms with E-state index in [1.54, 1.807) is 0 Å². The number of ether oxygens (including phenoxy) is 1. The van der Waals surface area contributed by atoms with Crippen molar-refractivity contribution in [2.45, 2.75) is 52.9 Å². The van der Waals surface area contributed by atoms with Gasteiger partial charge in [-0.1, -0.05) is 30.3 Å². The van der Waals surface area contributed by atoms with Gasteiger partial charge in [-0.15, -0.1) is 0 Å². The average Bonchev–Trinajstić information content (AvgIpc) is 3.11. The van der Waals surface area contributed by atoms with Crippen LogP contribution in [0.5, 0.6) is 5.75 Å². The van der Waals surface area contributed by atoms with Crippen LogP contribution in [0.4, 0.5) is 5.69 Å². The molecule has 5 heteroatoms. The molecule has 2 aromatic heterocycles. The molecule has 2 N–H and O–H groups in total. The summed E-state index contributed by atoms with van der Waals surface area (Å²) in [5.74, 6) is 0.867. The van der Waals surface area contributed by atoms with Gasteiger partial charge < -0.3 is 14.9 Å². The summed E-state index contributed by atoms with van der Waals surface area (Å²) in [6.07, 6.45) is 2.12. The van der Waals surface area contributed by atoms with Crippen LogP contribution in [0, 0.1) is 0 Å². The highest BCUT2D eigenvalue weighted by atomic mass is 16.5. The molecule has 0 amide bonds. The van der Waals surface area contributed by atoms with Crippen molar-refractivity contribution in [2.24, 2.45) is 0 Å². The van der Waals surface area contributed by atoms with E-state index in [0.29, 0.717) is 6.04 Å². The molecule has 0 fully saturated rings. The third-order valence-corrected chi connectivity index (χ3v) is 5.55. The van der Waals surface area contributed by atoms with E-state index >= 15 is 0 Å². The fraction of sp³-hybridized carbons (Fsp3) is 0.296. The Morgan fingerprint density at radius 3 is 2.28 bits per heavy atom. The van der Waals surface area contributed by atoms with Crippen molar-refractivity contribution in [2.75, 3.05) is 5.73 Å². The quantitative estimate of drug-likeness (QED) is 0.386. The molecule has 32 heavy (non-hydrogen) atoms. The molecular weight excluding hydrogens is 396 g/mol. The van der Waals surface area contributed by atoms with E-state index in [9.17, 15) is 0 Å². The van der Waals surface area contributed by atoms with Gasteiger partial charge in [0, 0.05) is 36.6 Å². The van der Waals surface area contributed by atoms with Gasteiger partial charge in [0.25, 0.3) is 0 Å². The summed E-state index contributed by atoms with van der Waals surface area (Å²) in [6.45, 7) is 10.2.